The van der Waals surface area contributed by atoms with Gasteiger partial charge in [-0.15, -0.1) is 0 Å². The standard InChI is InChI=1S/C90H60N2O/c1-3-21-63(22-4-1)77-56-57-78(82-30-12-11-29-81(77)82)67-44-52-73(53-45-67)92(72-50-42-66(43-51-72)76-34-19-27-64-25-9-10-28-75(64)76)87-36-17-14-32-84(87)83-31-13-16-35-86(83)91(71-48-40-62(41-49-71)70-39-38-61-20-7-8-26-69(61)60-70)74-54-46-68(47-55-74)79-58-59-80(65-23-5-2-6-24-65)90-89(79)85-33-15-18-37-88(85)93-90/h1-60H. The zero-order chi connectivity index (χ0) is 61.6. The van der Waals surface area contributed by atoms with Gasteiger partial charge in [-0.2, -0.15) is 0 Å². The van der Waals surface area contributed by atoms with Crippen LogP contribution in [0.25, 0.3) is 132 Å². The van der Waals surface area contributed by atoms with Gasteiger partial charge in [0.2, 0.25) is 0 Å². The van der Waals surface area contributed by atoms with E-state index in [0.717, 1.165) is 106 Å². The lowest BCUT2D eigenvalue weighted by Crippen LogP contribution is -2.13. The number of anilines is 6. The fourth-order valence-corrected chi connectivity index (χ4v) is 14.0. The van der Waals surface area contributed by atoms with E-state index in [9.17, 15) is 0 Å². The van der Waals surface area contributed by atoms with Gasteiger partial charge < -0.3 is 14.2 Å². The highest BCUT2D eigenvalue weighted by molar-refractivity contribution is 6.16. The van der Waals surface area contributed by atoms with Crippen LogP contribution in [-0.2, 0) is 0 Å². The quantitative estimate of drug-likeness (QED) is 0.115. The molecular weight excluding hydrogens is 1130 g/mol. The van der Waals surface area contributed by atoms with Crippen molar-refractivity contribution in [3.63, 3.8) is 0 Å². The Kier molecular flexibility index (Phi) is 13.9. The Morgan fingerprint density at radius 1 is 0.194 bits per heavy atom. The molecule has 0 fully saturated rings. The van der Waals surface area contributed by atoms with Crippen molar-refractivity contribution in [3.05, 3.63) is 364 Å². The van der Waals surface area contributed by atoms with Crippen molar-refractivity contribution in [1.82, 2.24) is 0 Å². The molecule has 3 heteroatoms. The molecule has 0 aliphatic heterocycles. The van der Waals surface area contributed by atoms with Gasteiger partial charge in [0.05, 0.1) is 11.4 Å². The lowest BCUT2D eigenvalue weighted by molar-refractivity contribution is 0.670. The van der Waals surface area contributed by atoms with Crippen LogP contribution < -0.4 is 9.80 Å². The van der Waals surface area contributed by atoms with Crippen molar-refractivity contribution in [1.29, 1.82) is 0 Å². The summed E-state index contributed by atoms with van der Waals surface area (Å²) in [5.41, 5.74) is 24.1. The number of para-hydroxylation sites is 3. The third-order valence-corrected chi connectivity index (χ3v) is 18.5. The molecule has 1 aromatic heterocycles. The van der Waals surface area contributed by atoms with Gasteiger partial charge in [0, 0.05) is 50.2 Å². The average Bonchev–Trinajstić information content (AvgIpc) is 1.70. The Morgan fingerprint density at radius 3 is 1.13 bits per heavy atom. The Labute approximate surface area is 541 Å². The van der Waals surface area contributed by atoms with Crippen molar-refractivity contribution >= 4 is 88.4 Å². The van der Waals surface area contributed by atoms with E-state index in [1.165, 1.54) is 60.1 Å². The fraction of sp³-hybridized carbons (Fsp3) is 0. The van der Waals surface area contributed by atoms with Gasteiger partial charge in [-0.25, -0.2) is 0 Å². The van der Waals surface area contributed by atoms with Gasteiger partial charge in [0.15, 0.2) is 0 Å². The monoisotopic (exact) mass is 1180 g/mol. The lowest BCUT2D eigenvalue weighted by Gasteiger charge is -2.31. The molecule has 0 atom stereocenters. The molecule has 0 N–H and O–H groups in total. The molecule has 0 amide bonds. The smallest absolute Gasteiger partial charge is 0.143 e. The van der Waals surface area contributed by atoms with E-state index in [-0.39, 0.29) is 0 Å². The number of fused-ring (bicyclic) bond motifs is 6. The summed E-state index contributed by atoms with van der Waals surface area (Å²) >= 11 is 0. The first kappa shape index (κ1) is 54.8. The largest absolute Gasteiger partial charge is 0.455 e. The molecule has 0 radical (unpaired) electrons. The number of hydrogen-bond donors (Lipinski definition) is 0. The van der Waals surface area contributed by atoms with Crippen molar-refractivity contribution in [2.45, 2.75) is 0 Å². The van der Waals surface area contributed by atoms with Crippen LogP contribution in [0, 0.1) is 0 Å². The molecule has 3 nitrogen and oxygen atoms in total. The first-order chi connectivity index (χ1) is 46.1. The molecule has 436 valence electrons. The van der Waals surface area contributed by atoms with E-state index in [1.807, 2.05) is 6.07 Å². The third-order valence-electron chi connectivity index (χ3n) is 18.5. The van der Waals surface area contributed by atoms with Crippen LogP contribution in [0.3, 0.4) is 0 Å². The summed E-state index contributed by atoms with van der Waals surface area (Å²) in [5.74, 6) is 0. The Hall–Kier alpha value is -12.3. The minimum atomic E-state index is 0.871. The second-order valence-electron chi connectivity index (χ2n) is 23.9. The molecule has 16 aromatic carbocycles. The van der Waals surface area contributed by atoms with E-state index in [1.54, 1.807) is 0 Å². The number of rotatable bonds is 13. The van der Waals surface area contributed by atoms with Gasteiger partial charge >= 0.3 is 0 Å². The normalized spacial score (nSPS) is 11.4. The molecule has 0 aliphatic carbocycles. The van der Waals surface area contributed by atoms with Gasteiger partial charge in [-0.05, 0) is 172 Å². The van der Waals surface area contributed by atoms with E-state index < -0.39 is 0 Å². The Bertz CT molecular complexity index is 5590. The van der Waals surface area contributed by atoms with Crippen molar-refractivity contribution in [2.24, 2.45) is 0 Å². The molecule has 0 saturated heterocycles. The lowest BCUT2D eigenvalue weighted by atomic mass is 9.92. The topological polar surface area (TPSA) is 19.6 Å². The summed E-state index contributed by atoms with van der Waals surface area (Å²) < 4.78 is 6.76. The van der Waals surface area contributed by atoms with Gasteiger partial charge in [-0.1, -0.05) is 285 Å². The zero-order valence-electron chi connectivity index (χ0n) is 50.9. The van der Waals surface area contributed by atoms with Crippen LogP contribution in [0.15, 0.2) is 368 Å². The van der Waals surface area contributed by atoms with Gasteiger partial charge in [0.25, 0.3) is 0 Å². The maximum absolute atomic E-state index is 6.76. The van der Waals surface area contributed by atoms with Crippen molar-refractivity contribution in [3.8, 4) is 77.9 Å². The highest BCUT2D eigenvalue weighted by atomic mass is 16.3. The zero-order valence-corrected chi connectivity index (χ0v) is 50.9. The Morgan fingerprint density at radius 2 is 0.559 bits per heavy atom. The number of furan rings is 1. The second kappa shape index (κ2) is 23.6. The molecule has 0 unspecified atom stereocenters. The summed E-state index contributed by atoms with van der Waals surface area (Å²) in [6.45, 7) is 0. The minimum Gasteiger partial charge on any atom is -0.455 e. The molecule has 17 aromatic rings. The fourth-order valence-electron chi connectivity index (χ4n) is 14.0. The number of hydrogen-bond acceptors (Lipinski definition) is 3. The van der Waals surface area contributed by atoms with Crippen LogP contribution in [0.4, 0.5) is 34.1 Å². The van der Waals surface area contributed by atoms with E-state index in [0.29, 0.717) is 0 Å². The molecule has 1 heterocycles. The summed E-state index contributed by atoms with van der Waals surface area (Å²) in [6, 6.07) is 132. The summed E-state index contributed by atoms with van der Waals surface area (Å²) in [6.07, 6.45) is 0. The van der Waals surface area contributed by atoms with Crippen LogP contribution in [0.5, 0.6) is 0 Å². The number of benzene rings is 16. The molecule has 0 spiro atoms. The molecule has 17 rings (SSSR count). The maximum Gasteiger partial charge on any atom is 0.143 e. The molecular formula is C90H60N2O. The molecule has 93 heavy (non-hydrogen) atoms. The molecule has 0 aliphatic rings. The van der Waals surface area contributed by atoms with Crippen LogP contribution in [0.2, 0.25) is 0 Å². The first-order valence-electron chi connectivity index (χ1n) is 31.9. The van der Waals surface area contributed by atoms with Gasteiger partial charge in [-0.3, -0.25) is 0 Å². The third kappa shape index (κ3) is 10.1. The van der Waals surface area contributed by atoms with Crippen LogP contribution in [0.1, 0.15) is 0 Å². The molecule has 0 bridgehead atoms. The van der Waals surface area contributed by atoms with E-state index in [2.05, 4.69) is 368 Å². The van der Waals surface area contributed by atoms with Gasteiger partial charge in [0.1, 0.15) is 11.2 Å². The summed E-state index contributed by atoms with van der Waals surface area (Å²) in [5, 5.41) is 9.56. The van der Waals surface area contributed by atoms with Crippen molar-refractivity contribution in [2.75, 3.05) is 9.80 Å². The SMILES string of the molecule is c1ccc(-c2ccc(-c3ccc(N(c4ccc(-c5cccc6ccccc56)cc4)c4ccccc4-c4ccccc4N(c4ccc(-c5ccc6ccccc6c5)cc4)c4ccc(-c5ccc(-c6ccccc6)c6oc7ccccc7c56)cc4)cc3)c3ccccc23)cc1. The summed E-state index contributed by atoms with van der Waals surface area (Å²) in [7, 11) is 0. The second-order valence-corrected chi connectivity index (χ2v) is 23.9. The predicted octanol–water partition coefficient (Wildman–Crippen LogP) is 25.7. The maximum atomic E-state index is 6.76. The van der Waals surface area contributed by atoms with E-state index in [4.69, 9.17) is 4.42 Å². The van der Waals surface area contributed by atoms with E-state index >= 15 is 0 Å². The first-order valence-corrected chi connectivity index (χ1v) is 31.9. The van der Waals surface area contributed by atoms with Crippen molar-refractivity contribution < 1.29 is 4.42 Å². The minimum absolute atomic E-state index is 0.871. The average molecular weight is 1190 g/mol. The van der Waals surface area contributed by atoms with Crippen LogP contribution in [-0.4, -0.2) is 0 Å². The highest BCUT2D eigenvalue weighted by Gasteiger charge is 2.24. The van der Waals surface area contributed by atoms with Crippen LogP contribution >= 0.6 is 0 Å². The number of nitrogens with zero attached hydrogens (tertiary/aromatic N) is 2. The Balaban J connectivity index is 0.810. The predicted molar refractivity (Wildman–Crippen MR) is 394 cm³/mol. The molecule has 0 saturated carbocycles. The highest BCUT2D eigenvalue weighted by Crippen LogP contribution is 2.49. The summed E-state index contributed by atoms with van der Waals surface area (Å²) in [4.78, 5) is 4.85.